The zero-order valence-electron chi connectivity index (χ0n) is 15.0. The Kier molecular flexibility index (Phi) is 3.53. The van der Waals surface area contributed by atoms with Gasteiger partial charge in [-0.1, -0.05) is 18.2 Å². The largest absolute Gasteiger partial charge is 0.472 e. The van der Waals surface area contributed by atoms with Crippen molar-refractivity contribution < 1.29 is 13.6 Å². The molecule has 3 nitrogen and oxygen atoms in total. The lowest BCUT2D eigenvalue weighted by Gasteiger charge is -2.44. The van der Waals surface area contributed by atoms with Crippen molar-refractivity contribution in [3.63, 3.8) is 0 Å². The number of fused-ring (bicyclic) bond motifs is 2. The Hall–Kier alpha value is -2.10. The van der Waals surface area contributed by atoms with Crippen LogP contribution in [-0.2, 0) is 16.6 Å². The number of piperidine rings is 1. The van der Waals surface area contributed by atoms with Gasteiger partial charge in [-0.05, 0) is 73.1 Å². The highest BCUT2D eigenvalue weighted by atomic mass is 19.1. The molecule has 1 aliphatic heterocycles. The minimum atomic E-state index is -1.56. The number of rotatable bonds is 2. The SMILES string of the molecule is O=C(N1CCC2(CCc3cc(-c4ccoc4)ccc32)CC1)C1(F)CCC1. The van der Waals surface area contributed by atoms with Crippen LogP contribution in [-0.4, -0.2) is 29.6 Å². The summed E-state index contributed by atoms with van der Waals surface area (Å²) in [6.07, 6.45) is 9.27. The quantitative estimate of drug-likeness (QED) is 0.788. The Morgan fingerprint density at radius 2 is 1.85 bits per heavy atom. The fourth-order valence-electron chi connectivity index (χ4n) is 5.08. The Bertz CT molecular complexity index is 830. The lowest BCUT2D eigenvalue weighted by atomic mass is 9.73. The van der Waals surface area contributed by atoms with Gasteiger partial charge in [-0.2, -0.15) is 0 Å². The topological polar surface area (TPSA) is 33.5 Å². The molecule has 2 fully saturated rings. The molecule has 0 radical (unpaired) electrons. The van der Waals surface area contributed by atoms with E-state index in [1.54, 1.807) is 17.4 Å². The number of hydrogen-bond acceptors (Lipinski definition) is 2. The zero-order valence-corrected chi connectivity index (χ0v) is 15.0. The third-order valence-electron chi connectivity index (χ3n) is 6.94. The summed E-state index contributed by atoms with van der Waals surface area (Å²) < 4.78 is 19.7. The lowest BCUT2D eigenvalue weighted by Crippen LogP contribution is -2.54. The average Bonchev–Trinajstić information content (AvgIpc) is 3.29. The summed E-state index contributed by atoms with van der Waals surface area (Å²) in [5, 5.41) is 0. The monoisotopic (exact) mass is 353 g/mol. The van der Waals surface area contributed by atoms with E-state index < -0.39 is 5.67 Å². The highest BCUT2D eigenvalue weighted by molar-refractivity contribution is 5.86. The number of benzene rings is 1. The maximum absolute atomic E-state index is 14.5. The van der Waals surface area contributed by atoms with E-state index >= 15 is 0 Å². The van der Waals surface area contributed by atoms with Gasteiger partial charge in [0, 0.05) is 18.7 Å². The fraction of sp³-hybridized carbons (Fsp3) is 0.500. The van der Waals surface area contributed by atoms with Gasteiger partial charge in [0.2, 0.25) is 0 Å². The van der Waals surface area contributed by atoms with Crippen molar-refractivity contribution in [1.82, 2.24) is 4.90 Å². The van der Waals surface area contributed by atoms with Crippen LogP contribution < -0.4 is 0 Å². The van der Waals surface area contributed by atoms with Gasteiger partial charge >= 0.3 is 0 Å². The van der Waals surface area contributed by atoms with Crippen LogP contribution in [0.2, 0.25) is 0 Å². The van der Waals surface area contributed by atoms with Crippen LogP contribution in [0.3, 0.4) is 0 Å². The molecule has 1 saturated heterocycles. The molecule has 2 aliphatic carbocycles. The number of alkyl halides is 1. The van der Waals surface area contributed by atoms with Crippen LogP contribution in [0.15, 0.2) is 41.2 Å². The number of likely N-dealkylation sites (tertiary alicyclic amines) is 1. The molecule has 0 atom stereocenters. The van der Waals surface area contributed by atoms with Crippen LogP contribution >= 0.6 is 0 Å². The molecule has 4 heteroatoms. The van der Waals surface area contributed by atoms with Crippen molar-refractivity contribution in [3.05, 3.63) is 47.9 Å². The summed E-state index contributed by atoms with van der Waals surface area (Å²) >= 11 is 0. The molecule has 136 valence electrons. The number of carbonyl (C=O) groups excluding carboxylic acids is 1. The second-order valence-corrected chi connectivity index (χ2v) is 8.28. The normalized spacial score (nSPS) is 22.9. The van der Waals surface area contributed by atoms with E-state index in [0.717, 1.165) is 37.7 Å². The molecular formula is C22H24FNO2. The molecule has 1 aromatic carbocycles. The van der Waals surface area contributed by atoms with Gasteiger partial charge < -0.3 is 9.32 Å². The van der Waals surface area contributed by atoms with Crippen molar-refractivity contribution >= 4 is 5.91 Å². The predicted octanol–water partition coefficient (Wildman–Crippen LogP) is 4.65. The maximum Gasteiger partial charge on any atom is 0.260 e. The predicted molar refractivity (Wildman–Crippen MR) is 97.6 cm³/mol. The van der Waals surface area contributed by atoms with Crippen LogP contribution in [0.1, 0.15) is 49.7 Å². The van der Waals surface area contributed by atoms with Gasteiger partial charge in [0.05, 0.1) is 12.5 Å². The molecule has 5 rings (SSSR count). The van der Waals surface area contributed by atoms with Gasteiger partial charge in [-0.3, -0.25) is 4.79 Å². The number of hydrogen-bond donors (Lipinski definition) is 0. The van der Waals surface area contributed by atoms with Crippen molar-refractivity contribution in [2.75, 3.05) is 13.1 Å². The number of aryl methyl sites for hydroxylation is 1. The summed E-state index contributed by atoms with van der Waals surface area (Å²) in [5.41, 5.74) is 3.79. The van der Waals surface area contributed by atoms with E-state index in [4.69, 9.17) is 4.42 Å². The molecule has 2 aromatic rings. The van der Waals surface area contributed by atoms with Crippen molar-refractivity contribution in [2.24, 2.45) is 0 Å². The van der Waals surface area contributed by atoms with Crippen LogP contribution in [0.25, 0.3) is 11.1 Å². The summed E-state index contributed by atoms with van der Waals surface area (Å²) in [6.45, 7) is 1.38. The van der Waals surface area contributed by atoms with Crippen LogP contribution in [0, 0.1) is 0 Å². The molecule has 0 unspecified atom stereocenters. The second kappa shape index (κ2) is 5.70. The van der Waals surface area contributed by atoms with Crippen molar-refractivity contribution in [2.45, 2.75) is 56.0 Å². The molecule has 3 aliphatic rings. The summed E-state index contributed by atoms with van der Waals surface area (Å²) in [4.78, 5) is 14.2. The minimum Gasteiger partial charge on any atom is -0.472 e. The van der Waals surface area contributed by atoms with Gasteiger partial charge in [-0.25, -0.2) is 4.39 Å². The van der Waals surface area contributed by atoms with E-state index in [2.05, 4.69) is 18.2 Å². The molecule has 1 amide bonds. The van der Waals surface area contributed by atoms with Gasteiger partial charge in [-0.15, -0.1) is 0 Å². The Morgan fingerprint density at radius 3 is 2.50 bits per heavy atom. The first-order valence-electron chi connectivity index (χ1n) is 9.74. The fourth-order valence-corrected chi connectivity index (χ4v) is 5.08. The Balaban J connectivity index is 1.34. The molecule has 26 heavy (non-hydrogen) atoms. The van der Waals surface area contributed by atoms with Crippen molar-refractivity contribution in [1.29, 1.82) is 0 Å². The van der Waals surface area contributed by atoms with Gasteiger partial charge in [0.1, 0.15) is 0 Å². The highest BCUT2D eigenvalue weighted by Gasteiger charge is 2.49. The third kappa shape index (κ3) is 2.34. The van der Waals surface area contributed by atoms with Gasteiger partial charge in [0.25, 0.3) is 5.91 Å². The van der Waals surface area contributed by atoms with E-state index in [1.807, 2.05) is 6.07 Å². The third-order valence-corrected chi connectivity index (χ3v) is 6.94. The molecule has 1 spiro atoms. The summed E-state index contributed by atoms with van der Waals surface area (Å²) in [6, 6.07) is 8.73. The Labute approximate surface area is 153 Å². The first-order valence-corrected chi connectivity index (χ1v) is 9.74. The number of amides is 1. The smallest absolute Gasteiger partial charge is 0.260 e. The molecule has 2 heterocycles. The number of carbonyl (C=O) groups is 1. The minimum absolute atomic E-state index is 0.171. The number of halogens is 1. The zero-order chi connectivity index (χ0) is 17.8. The molecule has 0 bridgehead atoms. The van der Waals surface area contributed by atoms with E-state index in [-0.39, 0.29) is 11.3 Å². The lowest BCUT2D eigenvalue weighted by molar-refractivity contribution is -0.151. The standard InChI is InChI=1S/C22H24FNO2/c23-22(6-1-7-22)20(25)24-11-9-21(10-12-24)8-4-17-14-16(2-3-19(17)21)18-5-13-26-15-18/h2-3,5,13-15H,1,4,6-12H2. The molecule has 0 N–H and O–H groups in total. The van der Waals surface area contributed by atoms with Gasteiger partial charge in [0.15, 0.2) is 5.67 Å². The highest BCUT2D eigenvalue weighted by Crippen LogP contribution is 2.48. The number of furan rings is 1. The Morgan fingerprint density at radius 1 is 1.04 bits per heavy atom. The molecular weight excluding hydrogens is 329 g/mol. The van der Waals surface area contributed by atoms with E-state index in [9.17, 15) is 9.18 Å². The first-order chi connectivity index (χ1) is 12.6. The average molecular weight is 353 g/mol. The van der Waals surface area contributed by atoms with Crippen molar-refractivity contribution in [3.8, 4) is 11.1 Å². The van der Waals surface area contributed by atoms with Crippen LogP contribution in [0.4, 0.5) is 4.39 Å². The van der Waals surface area contributed by atoms with Crippen LogP contribution in [0.5, 0.6) is 0 Å². The van der Waals surface area contributed by atoms with E-state index in [0.29, 0.717) is 25.9 Å². The number of nitrogens with zero attached hydrogens (tertiary/aromatic N) is 1. The summed E-state index contributed by atoms with van der Waals surface area (Å²) in [7, 11) is 0. The second-order valence-electron chi connectivity index (χ2n) is 8.28. The molecule has 1 aromatic heterocycles. The maximum atomic E-state index is 14.5. The summed E-state index contributed by atoms with van der Waals surface area (Å²) in [5.74, 6) is -0.257. The molecule has 1 saturated carbocycles. The van der Waals surface area contributed by atoms with E-state index in [1.165, 1.54) is 16.7 Å². The first kappa shape index (κ1) is 16.1.